The van der Waals surface area contributed by atoms with Crippen LogP contribution in [0.25, 0.3) is 11.6 Å². The Morgan fingerprint density at radius 3 is 2.58 bits per heavy atom. The minimum atomic E-state index is -0.122. The molecule has 4 aromatic rings. The number of hydrogen-bond acceptors (Lipinski definition) is 6. The van der Waals surface area contributed by atoms with Gasteiger partial charge in [0, 0.05) is 5.69 Å². The summed E-state index contributed by atoms with van der Waals surface area (Å²) < 4.78 is 12.9. The summed E-state index contributed by atoms with van der Waals surface area (Å²) in [6, 6.07) is 21.0. The second kappa shape index (κ2) is 9.99. The summed E-state index contributed by atoms with van der Waals surface area (Å²) in [7, 11) is 0. The van der Waals surface area contributed by atoms with E-state index in [4.69, 9.17) is 9.15 Å². The SMILES string of the molecule is CCOc1ccc(NC(=O)CSc2nnc(-c3ccco3)n2Cc2ccccc2)cc1. The molecule has 0 atom stereocenters. The van der Waals surface area contributed by atoms with Crippen molar-refractivity contribution in [3.05, 3.63) is 78.6 Å². The zero-order valence-corrected chi connectivity index (χ0v) is 17.8. The maximum Gasteiger partial charge on any atom is 0.234 e. The highest BCUT2D eigenvalue weighted by Gasteiger charge is 2.18. The Morgan fingerprint density at radius 1 is 1.06 bits per heavy atom. The minimum Gasteiger partial charge on any atom is -0.494 e. The van der Waals surface area contributed by atoms with Crippen LogP contribution >= 0.6 is 11.8 Å². The average molecular weight is 435 g/mol. The topological polar surface area (TPSA) is 82.2 Å². The molecule has 0 bridgehead atoms. The third-order valence-corrected chi connectivity index (χ3v) is 5.39. The van der Waals surface area contributed by atoms with Gasteiger partial charge in [-0.25, -0.2) is 0 Å². The summed E-state index contributed by atoms with van der Waals surface area (Å²) in [4.78, 5) is 12.5. The fraction of sp³-hybridized carbons (Fsp3) is 0.174. The van der Waals surface area contributed by atoms with Gasteiger partial charge in [-0.05, 0) is 48.9 Å². The number of rotatable bonds is 9. The second-order valence-corrected chi connectivity index (χ2v) is 7.59. The van der Waals surface area contributed by atoms with Crippen molar-refractivity contribution in [3.63, 3.8) is 0 Å². The van der Waals surface area contributed by atoms with E-state index in [2.05, 4.69) is 15.5 Å². The normalized spacial score (nSPS) is 10.7. The summed E-state index contributed by atoms with van der Waals surface area (Å²) in [5.41, 5.74) is 1.83. The molecule has 0 radical (unpaired) electrons. The van der Waals surface area contributed by atoms with E-state index in [0.29, 0.717) is 29.9 Å². The largest absolute Gasteiger partial charge is 0.494 e. The second-order valence-electron chi connectivity index (χ2n) is 6.65. The number of anilines is 1. The summed E-state index contributed by atoms with van der Waals surface area (Å²) in [5, 5.41) is 12.1. The Bertz CT molecular complexity index is 1110. The smallest absolute Gasteiger partial charge is 0.234 e. The number of nitrogens with zero attached hydrogens (tertiary/aromatic N) is 3. The van der Waals surface area contributed by atoms with Crippen LogP contribution in [-0.4, -0.2) is 33.0 Å². The van der Waals surface area contributed by atoms with Crippen LogP contribution < -0.4 is 10.1 Å². The van der Waals surface area contributed by atoms with Crippen LogP contribution in [0.5, 0.6) is 5.75 Å². The maximum atomic E-state index is 12.5. The molecule has 1 amide bonds. The molecule has 2 aromatic heterocycles. The predicted molar refractivity (Wildman–Crippen MR) is 120 cm³/mol. The molecule has 8 heteroatoms. The highest BCUT2D eigenvalue weighted by atomic mass is 32.2. The lowest BCUT2D eigenvalue weighted by Gasteiger charge is -2.10. The van der Waals surface area contributed by atoms with Gasteiger partial charge in [-0.1, -0.05) is 42.1 Å². The zero-order chi connectivity index (χ0) is 21.5. The van der Waals surface area contributed by atoms with Crippen LogP contribution in [0.3, 0.4) is 0 Å². The van der Waals surface area contributed by atoms with Gasteiger partial charge in [-0.15, -0.1) is 10.2 Å². The summed E-state index contributed by atoms with van der Waals surface area (Å²) >= 11 is 1.33. The lowest BCUT2D eigenvalue weighted by atomic mass is 10.2. The van der Waals surface area contributed by atoms with Gasteiger partial charge in [-0.2, -0.15) is 0 Å². The van der Waals surface area contributed by atoms with Gasteiger partial charge in [0.25, 0.3) is 0 Å². The Balaban J connectivity index is 1.45. The van der Waals surface area contributed by atoms with E-state index in [1.807, 2.05) is 78.2 Å². The molecule has 7 nitrogen and oxygen atoms in total. The highest BCUT2D eigenvalue weighted by Crippen LogP contribution is 2.26. The van der Waals surface area contributed by atoms with Gasteiger partial charge < -0.3 is 14.5 Å². The van der Waals surface area contributed by atoms with E-state index in [0.717, 1.165) is 17.0 Å². The van der Waals surface area contributed by atoms with Gasteiger partial charge in [0.1, 0.15) is 5.75 Å². The van der Waals surface area contributed by atoms with Gasteiger partial charge in [0.2, 0.25) is 11.7 Å². The number of carbonyl (C=O) groups excluding carboxylic acids is 1. The number of benzene rings is 2. The first-order chi connectivity index (χ1) is 15.2. The third-order valence-electron chi connectivity index (χ3n) is 4.42. The molecular formula is C23H22N4O3S. The van der Waals surface area contributed by atoms with Crippen LogP contribution in [0.1, 0.15) is 12.5 Å². The number of thioether (sulfide) groups is 1. The molecule has 158 valence electrons. The van der Waals surface area contributed by atoms with Crippen molar-refractivity contribution in [2.24, 2.45) is 0 Å². The van der Waals surface area contributed by atoms with Crippen molar-refractivity contribution in [2.45, 2.75) is 18.6 Å². The Kier molecular flexibility index (Phi) is 6.68. The van der Waals surface area contributed by atoms with Crippen molar-refractivity contribution in [3.8, 4) is 17.3 Å². The number of hydrogen-bond donors (Lipinski definition) is 1. The monoisotopic (exact) mass is 434 g/mol. The molecular weight excluding hydrogens is 412 g/mol. The number of aromatic nitrogens is 3. The minimum absolute atomic E-state index is 0.122. The van der Waals surface area contributed by atoms with E-state index in [-0.39, 0.29) is 11.7 Å². The van der Waals surface area contributed by atoms with Crippen LogP contribution in [0.2, 0.25) is 0 Å². The molecule has 0 saturated carbocycles. The van der Waals surface area contributed by atoms with E-state index < -0.39 is 0 Å². The molecule has 1 N–H and O–H groups in total. The number of furan rings is 1. The molecule has 31 heavy (non-hydrogen) atoms. The Morgan fingerprint density at radius 2 is 1.87 bits per heavy atom. The van der Waals surface area contributed by atoms with Gasteiger partial charge in [0.15, 0.2) is 10.9 Å². The van der Waals surface area contributed by atoms with Crippen molar-refractivity contribution in [1.29, 1.82) is 0 Å². The lowest BCUT2D eigenvalue weighted by Crippen LogP contribution is -2.14. The Hall–Kier alpha value is -3.52. The van der Waals surface area contributed by atoms with Gasteiger partial charge >= 0.3 is 0 Å². The molecule has 0 unspecified atom stereocenters. The zero-order valence-electron chi connectivity index (χ0n) is 17.0. The summed E-state index contributed by atoms with van der Waals surface area (Å²) in [6.45, 7) is 3.11. The molecule has 0 saturated heterocycles. The fourth-order valence-electron chi connectivity index (χ4n) is 3.02. The Labute approximate surface area is 184 Å². The first kappa shape index (κ1) is 20.7. The molecule has 0 aliphatic rings. The van der Waals surface area contributed by atoms with Crippen molar-refractivity contribution >= 4 is 23.4 Å². The van der Waals surface area contributed by atoms with Crippen molar-refractivity contribution < 1.29 is 13.9 Å². The molecule has 4 rings (SSSR count). The molecule has 2 heterocycles. The number of carbonyl (C=O) groups is 1. The van der Waals surface area contributed by atoms with E-state index in [1.165, 1.54) is 11.8 Å². The summed E-state index contributed by atoms with van der Waals surface area (Å²) in [5.74, 6) is 2.12. The van der Waals surface area contributed by atoms with E-state index in [9.17, 15) is 4.79 Å². The number of nitrogens with one attached hydrogen (secondary N) is 1. The van der Waals surface area contributed by atoms with Crippen LogP contribution in [-0.2, 0) is 11.3 Å². The molecule has 0 spiro atoms. The highest BCUT2D eigenvalue weighted by molar-refractivity contribution is 7.99. The third kappa shape index (κ3) is 5.35. The van der Waals surface area contributed by atoms with E-state index >= 15 is 0 Å². The lowest BCUT2D eigenvalue weighted by molar-refractivity contribution is -0.113. The van der Waals surface area contributed by atoms with E-state index in [1.54, 1.807) is 6.26 Å². The molecule has 2 aromatic carbocycles. The van der Waals surface area contributed by atoms with Gasteiger partial charge in [0.05, 0.1) is 25.2 Å². The first-order valence-corrected chi connectivity index (χ1v) is 10.9. The standard InChI is InChI=1S/C23H22N4O3S/c1-2-29-19-12-10-18(11-13-19)24-21(28)16-31-23-26-25-22(20-9-6-14-30-20)27(23)15-17-7-4-3-5-8-17/h3-14H,2,15-16H2,1H3,(H,24,28). The quantitative estimate of drug-likeness (QED) is 0.384. The number of amides is 1. The molecule has 0 aliphatic carbocycles. The maximum absolute atomic E-state index is 12.5. The van der Waals surface area contributed by atoms with Crippen LogP contribution in [0.4, 0.5) is 5.69 Å². The van der Waals surface area contributed by atoms with Crippen LogP contribution in [0.15, 0.2) is 82.6 Å². The predicted octanol–water partition coefficient (Wildman–Crippen LogP) is 4.72. The molecule has 0 fully saturated rings. The molecule has 0 aliphatic heterocycles. The summed E-state index contributed by atoms with van der Waals surface area (Å²) in [6.07, 6.45) is 1.61. The van der Waals surface area contributed by atoms with Crippen molar-refractivity contribution in [1.82, 2.24) is 14.8 Å². The number of ether oxygens (including phenoxy) is 1. The van der Waals surface area contributed by atoms with Crippen LogP contribution in [0, 0.1) is 0 Å². The van der Waals surface area contributed by atoms with Crippen molar-refractivity contribution in [2.75, 3.05) is 17.7 Å². The average Bonchev–Trinajstić information content (AvgIpc) is 3.45. The fourth-order valence-corrected chi connectivity index (χ4v) is 3.76. The van der Waals surface area contributed by atoms with Gasteiger partial charge in [-0.3, -0.25) is 9.36 Å². The first-order valence-electron chi connectivity index (χ1n) is 9.89.